The topological polar surface area (TPSA) is 125 Å². The molecule has 2 rings (SSSR count). The molecule has 0 bridgehead atoms. The highest BCUT2D eigenvalue weighted by molar-refractivity contribution is 5.87. The van der Waals surface area contributed by atoms with Crippen molar-refractivity contribution in [1.82, 2.24) is 15.5 Å². The minimum atomic E-state index is -1.20. The van der Waals surface area contributed by atoms with Gasteiger partial charge in [-0.2, -0.15) is 0 Å². The van der Waals surface area contributed by atoms with Gasteiger partial charge in [-0.25, -0.2) is 4.79 Å². The molecule has 1 aliphatic heterocycles. The van der Waals surface area contributed by atoms with Gasteiger partial charge in [-0.05, 0) is 25.7 Å². The van der Waals surface area contributed by atoms with Crippen molar-refractivity contribution in [3.05, 3.63) is 0 Å². The summed E-state index contributed by atoms with van der Waals surface area (Å²) in [5, 5.41) is 13.8. The Hall–Kier alpha value is -1.83. The Morgan fingerprint density at radius 1 is 1.29 bits per heavy atom. The van der Waals surface area contributed by atoms with Crippen LogP contribution in [-0.2, 0) is 9.59 Å². The van der Waals surface area contributed by atoms with E-state index in [0.717, 1.165) is 12.8 Å². The number of hydrogen-bond acceptors (Lipinski definition) is 4. The number of nitrogens with two attached hydrogens (primary N) is 1. The van der Waals surface area contributed by atoms with Crippen molar-refractivity contribution in [2.45, 2.75) is 56.8 Å². The van der Waals surface area contributed by atoms with Crippen molar-refractivity contribution in [3.8, 4) is 0 Å². The third-order valence-electron chi connectivity index (χ3n) is 4.18. The molecular weight excluding hydrogens is 276 g/mol. The lowest BCUT2D eigenvalue weighted by Gasteiger charge is -2.40. The smallest absolute Gasteiger partial charge is 0.405 e. The number of nitrogens with zero attached hydrogens (tertiary/aromatic N) is 1. The third-order valence-corrected chi connectivity index (χ3v) is 4.18. The molecule has 21 heavy (non-hydrogen) atoms. The van der Waals surface area contributed by atoms with Gasteiger partial charge in [0.1, 0.15) is 6.04 Å². The minimum absolute atomic E-state index is 0.0174. The lowest BCUT2D eigenvalue weighted by Crippen LogP contribution is -2.57. The summed E-state index contributed by atoms with van der Waals surface area (Å²) in [6.45, 7) is 1.94. The monoisotopic (exact) mass is 298 g/mol. The van der Waals surface area contributed by atoms with E-state index in [9.17, 15) is 14.4 Å². The van der Waals surface area contributed by atoms with Crippen molar-refractivity contribution in [3.63, 3.8) is 0 Å². The summed E-state index contributed by atoms with van der Waals surface area (Å²) in [6.07, 6.45) is 1.41. The first-order valence-electron chi connectivity index (χ1n) is 7.21. The second-order valence-electron chi connectivity index (χ2n) is 5.77. The van der Waals surface area contributed by atoms with Crippen LogP contribution in [0.15, 0.2) is 0 Å². The van der Waals surface area contributed by atoms with E-state index in [1.807, 2.05) is 0 Å². The molecule has 118 valence electrons. The van der Waals surface area contributed by atoms with Crippen LogP contribution in [0.4, 0.5) is 4.79 Å². The van der Waals surface area contributed by atoms with Crippen molar-refractivity contribution in [2.75, 3.05) is 6.54 Å². The highest BCUT2D eigenvalue weighted by Crippen LogP contribution is 2.26. The molecule has 4 atom stereocenters. The Morgan fingerprint density at radius 3 is 2.62 bits per heavy atom. The molecule has 0 aromatic rings. The molecule has 8 nitrogen and oxygen atoms in total. The predicted octanol–water partition coefficient (Wildman–Crippen LogP) is -0.761. The van der Waals surface area contributed by atoms with Gasteiger partial charge in [0.15, 0.2) is 0 Å². The van der Waals surface area contributed by atoms with Crippen LogP contribution in [0, 0.1) is 0 Å². The molecule has 1 saturated heterocycles. The summed E-state index contributed by atoms with van der Waals surface area (Å²) in [4.78, 5) is 36.0. The highest BCUT2D eigenvalue weighted by atomic mass is 16.4. The Balaban J connectivity index is 2.06. The summed E-state index contributed by atoms with van der Waals surface area (Å²) in [5.74, 6) is -0.362. The summed E-state index contributed by atoms with van der Waals surface area (Å²) in [5.41, 5.74) is 5.94. The van der Waals surface area contributed by atoms with Crippen LogP contribution in [0.3, 0.4) is 0 Å². The van der Waals surface area contributed by atoms with Crippen LogP contribution in [0.2, 0.25) is 0 Å². The Bertz CT molecular complexity index is 442. The second-order valence-corrected chi connectivity index (χ2v) is 5.77. The van der Waals surface area contributed by atoms with Crippen molar-refractivity contribution < 1.29 is 19.5 Å². The molecule has 0 spiro atoms. The predicted molar refractivity (Wildman–Crippen MR) is 74.5 cm³/mol. The summed E-state index contributed by atoms with van der Waals surface area (Å²) in [6, 6.07) is -0.944. The van der Waals surface area contributed by atoms with E-state index < -0.39 is 12.1 Å². The van der Waals surface area contributed by atoms with E-state index >= 15 is 0 Å². The summed E-state index contributed by atoms with van der Waals surface area (Å²) >= 11 is 0. The van der Waals surface area contributed by atoms with Gasteiger partial charge < -0.3 is 26.4 Å². The van der Waals surface area contributed by atoms with Crippen LogP contribution in [0.5, 0.6) is 0 Å². The number of carboxylic acid groups (broad SMARTS) is 1. The van der Waals surface area contributed by atoms with Gasteiger partial charge in [0.05, 0.1) is 12.1 Å². The molecule has 1 aliphatic carbocycles. The minimum Gasteiger partial charge on any atom is -0.465 e. The molecule has 2 fully saturated rings. The maximum absolute atomic E-state index is 12.3. The zero-order chi connectivity index (χ0) is 15.6. The zero-order valence-corrected chi connectivity index (χ0v) is 12.0. The van der Waals surface area contributed by atoms with Crippen LogP contribution in [0.25, 0.3) is 0 Å². The molecule has 0 radical (unpaired) electrons. The van der Waals surface area contributed by atoms with Gasteiger partial charge >= 0.3 is 6.09 Å². The fourth-order valence-corrected chi connectivity index (χ4v) is 3.29. The number of carbonyl (C=O) groups is 3. The van der Waals surface area contributed by atoms with Crippen LogP contribution in [-0.4, -0.2) is 58.6 Å². The van der Waals surface area contributed by atoms with E-state index in [4.69, 9.17) is 10.8 Å². The molecule has 3 amide bonds. The van der Waals surface area contributed by atoms with Gasteiger partial charge in [0.2, 0.25) is 11.8 Å². The molecule has 2 aliphatic rings. The quantitative estimate of drug-likeness (QED) is 0.545. The molecule has 1 saturated carbocycles. The largest absolute Gasteiger partial charge is 0.465 e. The molecule has 1 heterocycles. The van der Waals surface area contributed by atoms with Crippen LogP contribution < -0.4 is 16.4 Å². The first kappa shape index (κ1) is 15.6. The van der Waals surface area contributed by atoms with E-state index in [-0.39, 0.29) is 29.9 Å². The van der Waals surface area contributed by atoms with Gasteiger partial charge in [-0.15, -0.1) is 0 Å². The standard InChI is InChI=1S/C13H22N4O4/c1-7(18)15-10-6-8(14)2-3-11(10)17-5-4-9(12(17)19)16-13(20)21/h8-11,16H,2-6,14H2,1H3,(H,15,18)(H,20,21)/t8-,9+,10+,11+/m1/s1. The summed E-state index contributed by atoms with van der Waals surface area (Å²) in [7, 11) is 0. The number of rotatable bonds is 3. The van der Waals surface area contributed by atoms with Gasteiger partial charge in [-0.3, -0.25) is 9.59 Å². The maximum Gasteiger partial charge on any atom is 0.405 e. The van der Waals surface area contributed by atoms with Gasteiger partial charge in [0, 0.05) is 19.5 Å². The Morgan fingerprint density at radius 2 is 2.00 bits per heavy atom. The lowest BCUT2D eigenvalue weighted by molar-refractivity contribution is -0.133. The molecular formula is C13H22N4O4. The lowest BCUT2D eigenvalue weighted by atomic mass is 9.86. The normalized spacial score (nSPS) is 32.9. The molecule has 5 N–H and O–H groups in total. The fourth-order valence-electron chi connectivity index (χ4n) is 3.29. The fraction of sp³-hybridized carbons (Fsp3) is 0.769. The zero-order valence-electron chi connectivity index (χ0n) is 12.0. The van der Waals surface area contributed by atoms with Crippen molar-refractivity contribution in [1.29, 1.82) is 0 Å². The first-order chi connectivity index (χ1) is 9.88. The van der Waals surface area contributed by atoms with E-state index in [1.165, 1.54) is 6.92 Å². The number of likely N-dealkylation sites (tertiary alicyclic amines) is 1. The van der Waals surface area contributed by atoms with Gasteiger partial charge in [-0.1, -0.05) is 0 Å². The van der Waals surface area contributed by atoms with Gasteiger partial charge in [0.25, 0.3) is 0 Å². The third kappa shape index (κ3) is 3.63. The molecule has 0 aromatic heterocycles. The molecule has 0 aromatic carbocycles. The van der Waals surface area contributed by atoms with Crippen LogP contribution in [0.1, 0.15) is 32.6 Å². The van der Waals surface area contributed by atoms with E-state index in [1.54, 1.807) is 4.90 Å². The van der Waals surface area contributed by atoms with Crippen LogP contribution >= 0.6 is 0 Å². The van der Waals surface area contributed by atoms with Crippen molar-refractivity contribution in [2.24, 2.45) is 5.73 Å². The number of nitrogens with one attached hydrogen (secondary N) is 2. The average Bonchev–Trinajstić information content (AvgIpc) is 2.70. The van der Waals surface area contributed by atoms with E-state index in [0.29, 0.717) is 19.4 Å². The second kappa shape index (κ2) is 6.30. The Kier molecular flexibility index (Phi) is 4.66. The summed E-state index contributed by atoms with van der Waals surface area (Å²) < 4.78 is 0. The maximum atomic E-state index is 12.3. The number of hydrogen-bond donors (Lipinski definition) is 4. The highest BCUT2D eigenvalue weighted by Gasteiger charge is 2.41. The SMILES string of the molecule is CC(=O)N[C@H]1C[C@H](N)CC[C@@H]1N1CC[C@H](NC(=O)O)C1=O. The average molecular weight is 298 g/mol. The van der Waals surface area contributed by atoms with E-state index in [2.05, 4.69) is 10.6 Å². The van der Waals surface area contributed by atoms with Crippen molar-refractivity contribution >= 4 is 17.9 Å². The Labute approximate surface area is 123 Å². The first-order valence-corrected chi connectivity index (χ1v) is 7.21. The number of amides is 3. The molecule has 0 unspecified atom stereocenters. The number of carbonyl (C=O) groups excluding carboxylic acids is 2. The molecule has 8 heteroatoms.